The largest absolute Gasteiger partial charge is 0.478 e. The fraction of sp³-hybridized carbons (Fsp3) is 0.125. The van der Waals surface area contributed by atoms with Crippen LogP contribution in [0.25, 0.3) is 0 Å². The first-order valence-electron chi connectivity index (χ1n) is 6.30. The monoisotopic (exact) mass is 303 g/mol. The summed E-state index contributed by atoms with van der Waals surface area (Å²) in [6.45, 7) is 3.54. The van der Waals surface area contributed by atoms with Crippen LogP contribution in [0.1, 0.15) is 31.8 Å². The molecule has 1 amide bonds. The molecule has 2 rings (SSSR count). The van der Waals surface area contributed by atoms with Crippen molar-refractivity contribution in [2.75, 3.05) is 5.32 Å². The SMILES string of the molecule is Cc1cc(NC(=O)c2cccc(Cl)c2)cc(C(=O)O)c1C. The van der Waals surface area contributed by atoms with Crippen LogP contribution in [0.4, 0.5) is 5.69 Å². The molecule has 0 saturated carbocycles. The van der Waals surface area contributed by atoms with Crippen LogP contribution in [-0.2, 0) is 0 Å². The molecule has 5 heteroatoms. The minimum atomic E-state index is -1.02. The van der Waals surface area contributed by atoms with E-state index in [1.165, 1.54) is 6.07 Å². The number of hydrogen-bond donors (Lipinski definition) is 2. The second-order valence-corrected chi connectivity index (χ2v) is 5.17. The first-order chi connectivity index (χ1) is 9.88. The summed E-state index contributed by atoms with van der Waals surface area (Å²) >= 11 is 5.85. The number of rotatable bonds is 3. The Kier molecular flexibility index (Phi) is 4.29. The summed E-state index contributed by atoms with van der Waals surface area (Å²) in [5.41, 5.74) is 2.52. The Bertz CT molecular complexity index is 725. The van der Waals surface area contributed by atoms with Crippen molar-refractivity contribution in [3.05, 3.63) is 63.7 Å². The molecule has 0 heterocycles. The molecule has 0 atom stereocenters. The number of carboxylic acids is 1. The summed E-state index contributed by atoms with van der Waals surface area (Å²) in [4.78, 5) is 23.3. The Balaban J connectivity index is 2.32. The van der Waals surface area contributed by atoms with E-state index in [-0.39, 0.29) is 11.5 Å². The van der Waals surface area contributed by atoms with Gasteiger partial charge in [0.25, 0.3) is 5.91 Å². The molecule has 0 aliphatic heterocycles. The van der Waals surface area contributed by atoms with E-state index in [1.54, 1.807) is 44.2 Å². The minimum Gasteiger partial charge on any atom is -0.478 e. The van der Waals surface area contributed by atoms with Crippen LogP contribution in [0.3, 0.4) is 0 Å². The van der Waals surface area contributed by atoms with Crippen LogP contribution in [0.15, 0.2) is 36.4 Å². The maximum Gasteiger partial charge on any atom is 0.336 e. The molecule has 4 nitrogen and oxygen atoms in total. The zero-order valence-corrected chi connectivity index (χ0v) is 12.4. The van der Waals surface area contributed by atoms with E-state index < -0.39 is 5.97 Å². The number of nitrogens with one attached hydrogen (secondary N) is 1. The van der Waals surface area contributed by atoms with Gasteiger partial charge in [0.1, 0.15) is 0 Å². The first kappa shape index (κ1) is 15.1. The predicted octanol–water partition coefficient (Wildman–Crippen LogP) is 3.91. The van der Waals surface area contributed by atoms with Crippen molar-refractivity contribution in [1.82, 2.24) is 0 Å². The van der Waals surface area contributed by atoms with E-state index >= 15 is 0 Å². The van der Waals surface area contributed by atoms with Crippen LogP contribution in [-0.4, -0.2) is 17.0 Å². The average molecular weight is 304 g/mol. The van der Waals surface area contributed by atoms with Gasteiger partial charge in [0.15, 0.2) is 0 Å². The summed E-state index contributed by atoms with van der Waals surface area (Å²) in [6.07, 6.45) is 0. The lowest BCUT2D eigenvalue weighted by Crippen LogP contribution is -2.13. The fourth-order valence-electron chi connectivity index (χ4n) is 1.99. The van der Waals surface area contributed by atoms with Crippen molar-refractivity contribution in [2.24, 2.45) is 0 Å². The zero-order valence-electron chi connectivity index (χ0n) is 11.6. The molecule has 0 spiro atoms. The van der Waals surface area contributed by atoms with Crippen molar-refractivity contribution in [2.45, 2.75) is 13.8 Å². The molecule has 108 valence electrons. The number of carbonyl (C=O) groups excluding carboxylic acids is 1. The Morgan fingerprint density at radius 2 is 1.86 bits per heavy atom. The Hall–Kier alpha value is -2.33. The molecule has 0 unspecified atom stereocenters. The third-order valence-corrected chi connectivity index (χ3v) is 3.48. The third-order valence-electron chi connectivity index (χ3n) is 3.24. The number of carboxylic acid groups (broad SMARTS) is 1. The molecule has 21 heavy (non-hydrogen) atoms. The third kappa shape index (κ3) is 3.41. The van der Waals surface area contributed by atoms with Crippen molar-refractivity contribution in [1.29, 1.82) is 0 Å². The Labute approximate surface area is 127 Å². The number of amides is 1. The smallest absolute Gasteiger partial charge is 0.336 e. The maximum atomic E-state index is 12.1. The number of benzene rings is 2. The van der Waals surface area contributed by atoms with E-state index in [0.29, 0.717) is 21.8 Å². The number of carbonyl (C=O) groups is 2. The molecule has 0 aliphatic rings. The highest BCUT2D eigenvalue weighted by atomic mass is 35.5. The molecule has 0 radical (unpaired) electrons. The number of anilines is 1. The first-order valence-corrected chi connectivity index (χ1v) is 6.67. The second-order valence-electron chi connectivity index (χ2n) is 4.74. The number of aromatic carboxylic acids is 1. The molecule has 0 aliphatic carbocycles. The summed E-state index contributed by atoms with van der Waals surface area (Å²) in [5.74, 6) is -1.36. The van der Waals surface area contributed by atoms with Crippen LogP contribution in [0.5, 0.6) is 0 Å². The van der Waals surface area contributed by atoms with Crippen LogP contribution >= 0.6 is 11.6 Å². The van der Waals surface area contributed by atoms with Crippen molar-refractivity contribution in [3.63, 3.8) is 0 Å². The summed E-state index contributed by atoms with van der Waals surface area (Å²) < 4.78 is 0. The van der Waals surface area contributed by atoms with E-state index in [9.17, 15) is 14.7 Å². The Morgan fingerprint density at radius 3 is 2.48 bits per heavy atom. The molecule has 2 aromatic carbocycles. The zero-order chi connectivity index (χ0) is 15.6. The quantitative estimate of drug-likeness (QED) is 0.903. The van der Waals surface area contributed by atoms with Gasteiger partial charge >= 0.3 is 5.97 Å². The molecule has 0 bridgehead atoms. The lowest BCUT2D eigenvalue weighted by atomic mass is 10.0. The summed E-state index contributed by atoms with van der Waals surface area (Å²) in [5, 5.41) is 12.3. The Morgan fingerprint density at radius 1 is 1.14 bits per heavy atom. The lowest BCUT2D eigenvalue weighted by Gasteiger charge is -2.11. The normalized spacial score (nSPS) is 10.2. The van der Waals surface area contributed by atoms with E-state index in [2.05, 4.69) is 5.32 Å². The van der Waals surface area contributed by atoms with Gasteiger partial charge < -0.3 is 10.4 Å². The minimum absolute atomic E-state index is 0.177. The molecule has 0 fully saturated rings. The maximum absolute atomic E-state index is 12.1. The highest BCUT2D eigenvalue weighted by Crippen LogP contribution is 2.21. The standard InChI is InChI=1S/C16H14ClNO3/c1-9-6-13(8-14(10(9)2)16(20)21)18-15(19)11-4-3-5-12(17)7-11/h3-8H,1-2H3,(H,18,19)(H,20,21). The van der Waals surface area contributed by atoms with Crippen molar-refractivity contribution in [3.8, 4) is 0 Å². The lowest BCUT2D eigenvalue weighted by molar-refractivity contribution is 0.0695. The summed E-state index contributed by atoms with van der Waals surface area (Å²) in [7, 11) is 0. The molecule has 2 aromatic rings. The van der Waals surface area contributed by atoms with E-state index in [1.807, 2.05) is 0 Å². The topological polar surface area (TPSA) is 66.4 Å². The van der Waals surface area contributed by atoms with Gasteiger partial charge in [0.2, 0.25) is 0 Å². The number of halogens is 1. The van der Waals surface area contributed by atoms with Gasteiger partial charge in [-0.1, -0.05) is 17.7 Å². The molecular weight excluding hydrogens is 290 g/mol. The highest BCUT2D eigenvalue weighted by Gasteiger charge is 2.13. The average Bonchev–Trinajstić information content (AvgIpc) is 2.42. The number of aryl methyl sites for hydroxylation is 1. The van der Waals surface area contributed by atoms with Gasteiger partial charge in [-0.2, -0.15) is 0 Å². The van der Waals surface area contributed by atoms with Crippen LogP contribution in [0, 0.1) is 13.8 Å². The van der Waals surface area contributed by atoms with E-state index in [0.717, 1.165) is 5.56 Å². The molecule has 0 aromatic heterocycles. The van der Waals surface area contributed by atoms with Gasteiger partial charge in [-0.25, -0.2) is 4.79 Å². The fourth-order valence-corrected chi connectivity index (χ4v) is 2.18. The predicted molar refractivity (Wildman–Crippen MR) is 82.3 cm³/mol. The van der Waals surface area contributed by atoms with Crippen molar-refractivity contribution >= 4 is 29.2 Å². The highest BCUT2D eigenvalue weighted by molar-refractivity contribution is 6.31. The molecule has 0 saturated heterocycles. The van der Waals surface area contributed by atoms with Crippen molar-refractivity contribution < 1.29 is 14.7 Å². The molecule has 2 N–H and O–H groups in total. The van der Waals surface area contributed by atoms with Crippen LogP contribution in [0.2, 0.25) is 5.02 Å². The van der Waals surface area contributed by atoms with Gasteiger partial charge in [-0.3, -0.25) is 4.79 Å². The second kappa shape index (κ2) is 5.97. The van der Waals surface area contributed by atoms with Gasteiger partial charge in [0, 0.05) is 16.3 Å². The number of hydrogen-bond acceptors (Lipinski definition) is 2. The van der Waals surface area contributed by atoms with Gasteiger partial charge in [-0.15, -0.1) is 0 Å². The van der Waals surface area contributed by atoms with E-state index in [4.69, 9.17) is 11.6 Å². The van der Waals surface area contributed by atoms with Gasteiger partial charge in [-0.05, 0) is 55.3 Å². The van der Waals surface area contributed by atoms with Gasteiger partial charge in [0.05, 0.1) is 5.56 Å². The summed E-state index contributed by atoms with van der Waals surface area (Å²) in [6, 6.07) is 9.74. The van der Waals surface area contributed by atoms with Crippen LogP contribution < -0.4 is 5.32 Å². The molecular formula is C16H14ClNO3.